The molecule has 0 saturated heterocycles. The Morgan fingerprint density at radius 3 is 3.00 bits per heavy atom. The minimum Gasteiger partial charge on any atom is -0.478 e. The first-order valence-electron chi connectivity index (χ1n) is 7.25. The molecule has 7 nitrogen and oxygen atoms in total. The maximum atomic E-state index is 12.1. The third-order valence-electron chi connectivity index (χ3n) is 3.34. The molecule has 120 valence electrons. The Morgan fingerprint density at radius 1 is 1.43 bits per heavy atom. The quantitative estimate of drug-likeness (QED) is 0.895. The number of ether oxygens (including phenoxy) is 1. The summed E-state index contributed by atoms with van der Waals surface area (Å²) in [6.07, 6.45) is -0.179. The number of hydrogen-bond donors (Lipinski definition) is 2. The molecule has 2 amide bonds. The SMILES string of the molecule is CCc1nnc(NC(=O)CC2Oc3ccc(C)cc3NC2=O)s1. The van der Waals surface area contributed by atoms with E-state index in [9.17, 15) is 9.59 Å². The molecule has 2 N–H and O–H groups in total. The molecule has 2 heterocycles. The van der Waals surface area contributed by atoms with E-state index >= 15 is 0 Å². The summed E-state index contributed by atoms with van der Waals surface area (Å²) in [6.45, 7) is 3.89. The molecule has 0 bridgehead atoms. The first-order valence-corrected chi connectivity index (χ1v) is 8.07. The van der Waals surface area contributed by atoms with Crippen molar-refractivity contribution in [3.05, 3.63) is 28.8 Å². The summed E-state index contributed by atoms with van der Waals surface area (Å²) in [6, 6.07) is 5.51. The minimum absolute atomic E-state index is 0.0831. The van der Waals surface area contributed by atoms with Crippen LogP contribution in [0, 0.1) is 6.92 Å². The predicted molar refractivity (Wildman–Crippen MR) is 86.8 cm³/mol. The van der Waals surface area contributed by atoms with Crippen molar-refractivity contribution in [1.82, 2.24) is 10.2 Å². The highest BCUT2D eigenvalue weighted by atomic mass is 32.1. The molecule has 0 saturated carbocycles. The highest BCUT2D eigenvalue weighted by molar-refractivity contribution is 7.15. The van der Waals surface area contributed by atoms with Crippen molar-refractivity contribution in [1.29, 1.82) is 0 Å². The second-order valence-electron chi connectivity index (χ2n) is 5.20. The molecule has 0 radical (unpaired) electrons. The summed E-state index contributed by atoms with van der Waals surface area (Å²) < 4.78 is 5.63. The van der Waals surface area contributed by atoms with Gasteiger partial charge in [0, 0.05) is 0 Å². The molecular formula is C15H16N4O3S. The summed E-state index contributed by atoms with van der Waals surface area (Å²) in [4.78, 5) is 24.1. The number of nitrogens with zero attached hydrogens (tertiary/aromatic N) is 2. The minimum atomic E-state index is -0.858. The fourth-order valence-corrected chi connectivity index (χ4v) is 2.88. The fraction of sp³-hybridized carbons (Fsp3) is 0.333. The zero-order chi connectivity index (χ0) is 16.4. The maximum absolute atomic E-state index is 12.1. The number of nitrogens with one attached hydrogen (secondary N) is 2. The fourth-order valence-electron chi connectivity index (χ4n) is 2.18. The van der Waals surface area contributed by atoms with Crippen LogP contribution in [0.4, 0.5) is 10.8 Å². The van der Waals surface area contributed by atoms with Gasteiger partial charge in [-0.05, 0) is 31.0 Å². The lowest BCUT2D eigenvalue weighted by Crippen LogP contribution is -2.39. The van der Waals surface area contributed by atoms with Gasteiger partial charge in [-0.3, -0.25) is 9.59 Å². The number of amides is 2. The van der Waals surface area contributed by atoms with Gasteiger partial charge in [0.15, 0.2) is 6.10 Å². The third-order valence-corrected chi connectivity index (χ3v) is 4.32. The van der Waals surface area contributed by atoms with Crippen molar-refractivity contribution in [3.8, 4) is 5.75 Å². The topological polar surface area (TPSA) is 93.2 Å². The summed E-state index contributed by atoms with van der Waals surface area (Å²) in [5.74, 6) is -0.0959. The molecule has 2 aromatic rings. The molecular weight excluding hydrogens is 316 g/mol. The zero-order valence-electron chi connectivity index (χ0n) is 12.8. The Kier molecular flexibility index (Phi) is 4.24. The molecule has 3 rings (SSSR count). The number of anilines is 2. The van der Waals surface area contributed by atoms with Crippen LogP contribution >= 0.6 is 11.3 Å². The van der Waals surface area contributed by atoms with E-state index in [1.165, 1.54) is 11.3 Å². The van der Waals surface area contributed by atoms with Gasteiger partial charge in [0.25, 0.3) is 5.91 Å². The molecule has 1 aromatic heterocycles. The smallest absolute Gasteiger partial charge is 0.266 e. The summed E-state index contributed by atoms with van der Waals surface area (Å²) >= 11 is 1.32. The average Bonchev–Trinajstić information content (AvgIpc) is 2.95. The monoisotopic (exact) mass is 332 g/mol. The van der Waals surface area contributed by atoms with Crippen molar-refractivity contribution < 1.29 is 14.3 Å². The van der Waals surface area contributed by atoms with E-state index in [1.807, 2.05) is 26.0 Å². The molecule has 1 aliphatic heterocycles. The van der Waals surface area contributed by atoms with E-state index in [1.54, 1.807) is 6.07 Å². The molecule has 0 aliphatic carbocycles. The molecule has 1 atom stereocenters. The first kappa shape index (κ1) is 15.4. The van der Waals surface area contributed by atoms with Crippen molar-refractivity contribution in [2.75, 3.05) is 10.6 Å². The van der Waals surface area contributed by atoms with Gasteiger partial charge in [0.2, 0.25) is 11.0 Å². The second kappa shape index (κ2) is 6.33. The number of aryl methyl sites for hydroxylation is 2. The van der Waals surface area contributed by atoms with Crippen molar-refractivity contribution in [2.24, 2.45) is 0 Å². The lowest BCUT2D eigenvalue weighted by atomic mass is 10.1. The van der Waals surface area contributed by atoms with E-state index in [-0.39, 0.29) is 18.2 Å². The standard InChI is InChI=1S/C15H16N4O3S/c1-3-13-18-19-15(23-13)17-12(20)7-11-14(21)16-9-6-8(2)4-5-10(9)22-11/h4-6,11H,3,7H2,1-2H3,(H,16,21)(H,17,19,20). The first-order chi connectivity index (χ1) is 11.0. The number of benzene rings is 1. The van der Waals surface area contributed by atoms with Gasteiger partial charge in [0.1, 0.15) is 10.8 Å². The lowest BCUT2D eigenvalue weighted by Gasteiger charge is -2.25. The van der Waals surface area contributed by atoms with Gasteiger partial charge in [-0.2, -0.15) is 0 Å². The van der Waals surface area contributed by atoms with Gasteiger partial charge in [0.05, 0.1) is 12.1 Å². The molecule has 0 spiro atoms. The summed E-state index contributed by atoms with van der Waals surface area (Å²) in [7, 11) is 0. The largest absolute Gasteiger partial charge is 0.478 e. The molecule has 1 unspecified atom stereocenters. The Labute approximate surface area is 137 Å². The second-order valence-corrected chi connectivity index (χ2v) is 6.26. The van der Waals surface area contributed by atoms with Crippen LogP contribution in [0.2, 0.25) is 0 Å². The zero-order valence-corrected chi connectivity index (χ0v) is 13.6. The predicted octanol–water partition coefficient (Wildman–Crippen LogP) is 2.14. The van der Waals surface area contributed by atoms with Crippen LogP contribution in [0.15, 0.2) is 18.2 Å². The van der Waals surface area contributed by atoms with Crippen LogP contribution in [-0.4, -0.2) is 28.1 Å². The Bertz CT molecular complexity index is 759. The maximum Gasteiger partial charge on any atom is 0.266 e. The normalized spacial score (nSPS) is 16.3. The summed E-state index contributed by atoms with van der Waals surface area (Å²) in [5.41, 5.74) is 1.65. The number of carbonyl (C=O) groups excluding carboxylic acids is 2. The van der Waals surface area contributed by atoms with Crippen molar-refractivity contribution in [2.45, 2.75) is 32.8 Å². The van der Waals surface area contributed by atoms with E-state index in [4.69, 9.17) is 4.74 Å². The number of aromatic nitrogens is 2. The van der Waals surface area contributed by atoms with Gasteiger partial charge < -0.3 is 15.4 Å². The Hall–Kier alpha value is -2.48. The van der Waals surface area contributed by atoms with Crippen LogP contribution < -0.4 is 15.4 Å². The molecule has 1 aliphatic rings. The average molecular weight is 332 g/mol. The molecule has 0 fully saturated rings. The van der Waals surface area contributed by atoms with E-state index in [0.29, 0.717) is 16.6 Å². The lowest BCUT2D eigenvalue weighted by molar-refractivity contribution is -0.128. The van der Waals surface area contributed by atoms with Gasteiger partial charge in [-0.15, -0.1) is 10.2 Å². The van der Waals surface area contributed by atoms with Crippen molar-refractivity contribution in [3.63, 3.8) is 0 Å². The third kappa shape index (κ3) is 3.48. The van der Waals surface area contributed by atoms with Crippen molar-refractivity contribution >= 4 is 34.0 Å². The van der Waals surface area contributed by atoms with Crippen LogP contribution in [0.3, 0.4) is 0 Å². The van der Waals surface area contributed by atoms with E-state index in [2.05, 4.69) is 20.8 Å². The van der Waals surface area contributed by atoms with Gasteiger partial charge in [-0.25, -0.2) is 0 Å². The number of rotatable bonds is 4. The van der Waals surface area contributed by atoms with Crippen LogP contribution in [-0.2, 0) is 16.0 Å². The highest BCUT2D eigenvalue weighted by Crippen LogP contribution is 2.31. The van der Waals surface area contributed by atoms with Crippen LogP contribution in [0.1, 0.15) is 23.9 Å². The van der Waals surface area contributed by atoms with Crippen LogP contribution in [0.25, 0.3) is 0 Å². The van der Waals surface area contributed by atoms with E-state index < -0.39 is 6.10 Å². The molecule has 1 aromatic carbocycles. The van der Waals surface area contributed by atoms with E-state index in [0.717, 1.165) is 17.0 Å². The number of carbonyl (C=O) groups is 2. The molecule has 8 heteroatoms. The van der Waals surface area contributed by atoms with Crippen LogP contribution in [0.5, 0.6) is 5.75 Å². The number of fused-ring (bicyclic) bond motifs is 1. The Balaban J connectivity index is 1.64. The number of hydrogen-bond acceptors (Lipinski definition) is 6. The highest BCUT2D eigenvalue weighted by Gasteiger charge is 2.30. The molecule has 23 heavy (non-hydrogen) atoms. The van der Waals surface area contributed by atoms with Gasteiger partial charge in [-0.1, -0.05) is 24.3 Å². The Morgan fingerprint density at radius 2 is 2.26 bits per heavy atom. The summed E-state index contributed by atoms with van der Waals surface area (Å²) in [5, 5.41) is 14.5. The van der Waals surface area contributed by atoms with Gasteiger partial charge >= 0.3 is 0 Å².